The minimum Gasteiger partial charge on any atom is -0.377 e. The van der Waals surface area contributed by atoms with Crippen molar-refractivity contribution < 1.29 is 9.53 Å². The molecular weight excluding hydrogens is 208 g/mol. The van der Waals surface area contributed by atoms with Gasteiger partial charge in [0, 0.05) is 0 Å². The van der Waals surface area contributed by atoms with E-state index in [0.717, 1.165) is 19.3 Å². The summed E-state index contributed by atoms with van der Waals surface area (Å²) in [5.74, 6) is 0.331. The topological polar surface area (TPSA) is 26.3 Å². The van der Waals surface area contributed by atoms with Crippen molar-refractivity contribution in [1.82, 2.24) is 0 Å². The zero-order valence-corrected chi connectivity index (χ0v) is 7.89. The molecule has 0 N–H and O–H groups in total. The molecule has 0 spiro atoms. The summed E-state index contributed by atoms with van der Waals surface area (Å²) in [5.41, 5.74) is -0.0891. The van der Waals surface area contributed by atoms with Gasteiger partial charge in [-0.1, -0.05) is 15.9 Å². The highest BCUT2D eigenvalue weighted by atomic mass is 79.9. The first kappa shape index (κ1) is 7.74. The monoisotopic (exact) mass is 218 g/mol. The van der Waals surface area contributed by atoms with E-state index in [1.807, 2.05) is 0 Å². The van der Waals surface area contributed by atoms with Gasteiger partial charge in [0.05, 0.1) is 23.5 Å². The van der Waals surface area contributed by atoms with Crippen LogP contribution >= 0.6 is 15.9 Å². The Kier molecular flexibility index (Phi) is 1.80. The molecule has 2 rings (SSSR count). The molecular formula is C8H11BrO2. The summed E-state index contributed by atoms with van der Waals surface area (Å²) in [4.78, 5) is 11.5. The molecule has 1 aliphatic heterocycles. The van der Waals surface area contributed by atoms with E-state index in [-0.39, 0.29) is 5.41 Å². The van der Waals surface area contributed by atoms with Crippen molar-refractivity contribution in [2.45, 2.75) is 25.4 Å². The van der Waals surface area contributed by atoms with Crippen LogP contribution in [0.2, 0.25) is 0 Å². The Morgan fingerprint density at radius 2 is 2.55 bits per heavy atom. The number of carbonyl (C=O) groups excluding carboxylic acids is 1. The molecule has 0 amide bonds. The van der Waals surface area contributed by atoms with Gasteiger partial charge in [0.2, 0.25) is 0 Å². The third-order valence-electron chi connectivity index (χ3n) is 2.87. The molecule has 11 heavy (non-hydrogen) atoms. The average Bonchev–Trinajstić information content (AvgIpc) is 2.62. The Labute approximate surface area is 74.4 Å². The van der Waals surface area contributed by atoms with Gasteiger partial charge < -0.3 is 4.74 Å². The van der Waals surface area contributed by atoms with E-state index in [1.54, 1.807) is 0 Å². The molecule has 0 radical (unpaired) electrons. The zero-order chi connectivity index (χ0) is 7.90. The lowest BCUT2D eigenvalue weighted by Gasteiger charge is -2.22. The quantitative estimate of drug-likeness (QED) is 0.658. The van der Waals surface area contributed by atoms with Crippen LogP contribution in [-0.2, 0) is 9.53 Å². The fraction of sp³-hybridized carbons (Fsp3) is 0.875. The van der Waals surface area contributed by atoms with Gasteiger partial charge in [0.15, 0.2) is 5.78 Å². The van der Waals surface area contributed by atoms with Crippen LogP contribution in [0.4, 0.5) is 0 Å². The molecule has 1 heterocycles. The predicted molar refractivity (Wildman–Crippen MR) is 44.8 cm³/mol. The first-order valence-corrected chi connectivity index (χ1v) is 5.10. The second kappa shape index (κ2) is 2.56. The number of halogens is 1. The van der Waals surface area contributed by atoms with E-state index in [4.69, 9.17) is 4.74 Å². The predicted octanol–water partition coefficient (Wildman–Crippen LogP) is 1.52. The lowest BCUT2D eigenvalue weighted by Crippen LogP contribution is -2.31. The summed E-state index contributed by atoms with van der Waals surface area (Å²) in [6.45, 7) is 0.669. The molecule has 2 aliphatic rings. The fourth-order valence-electron chi connectivity index (χ4n) is 2.10. The number of ether oxygens (including phenoxy) is 1. The lowest BCUT2D eigenvalue weighted by atomic mass is 9.84. The molecule has 3 heteroatoms. The standard InChI is InChI=1S/C8H11BrO2/c9-4-7(10)8-2-1-6(3-8)11-5-8/h6H,1-5H2. The number of Topliss-reactive ketones (excluding diaryl/α,β-unsaturated/α-hetero) is 1. The number of hydrogen-bond donors (Lipinski definition) is 0. The van der Waals surface area contributed by atoms with Gasteiger partial charge in [-0.2, -0.15) is 0 Å². The van der Waals surface area contributed by atoms with E-state index < -0.39 is 0 Å². The van der Waals surface area contributed by atoms with Crippen LogP contribution in [0.3, 0.4) is 0 Å². The number of ketones is 1. The molecule has 2 atom stereocenters. The molecule has 0 aromatic rings. The van der Waals surface area contributed by atoms with E-state index in [9.17, 15) is 4.79 Å². The van der Waals surface area contributed by atoms with Gasteiger partial charge >= 0.3 is 0 Å². The third-order valence-corrected chi connectivity index (χ3v) is 3.38. The maximum Gasteiger partial charge on any atom is 0.151 e. The Morgan fingerprint density at radius 3 is 2.91 bits per heavy atom. The van der Waals surface area contributed by atoms with Crippen LogP contribution < -0.4 is 0 Å². The summed E-state index contributed by atoms with van der Waals surface area (Å²) < 4.78 is 5.44. The smallest absolute Gasteiger partial charge is 0.151 e. The number of hydrogen-bond acceptors (Lipinski definition) is 2. The van der Waals surface area contributed by atoms with Crippen molar-refractivity contribution in [3.8, 4) is 0 Å². The van der Waals surface area contributed by atoms with E-state index in [1.165, 1.54) is 0 Å². The Hall–Kier alpha value is 0.110. The second-order valence-corrected chi connectivity index (χ2v) is 4.07. The molecule has 2 fully saturated rings. The highest BCUT2D eigenvalue weighted by molar-refractivity contribution is 9.09. The molecule has 2 bridgehead atoms. The van der Waals surface area contributed by atoms with Crippen molar-refractivity contribution in [3.05, 3.63) is 0 Å². The normalized spacial score (nSPS) is 41.4. The number of carbonyl (C=O) groups is 1. The summed E-state index contributed by atoms with van der Waals surface area (Å²) in [6.07, 6.45) is 3.48. The molecule has 1 saturated heterocycles. The third kappa shape index (κ3) is 1.05. The maximum absolute atomic E-state index is 11.5. The van der Waals surface area contributed by atoms with Crippen molar-refractivity contribution >= 4 is 21.7 Å². The number of fused-ring (bicyclic) bond motifs is 2. The molecule has 1 saturated carbocycles. The van der Waals surface area contributed by atoms with Crippen molar-refractivity contribution in [2.75, 3.05) is 11.9 Å². The van der Waals surface area contributed by atoms with Gasteiger partial charge in [-0.25, -0.2) is 0 Å². The maximum atomic E-state index is 11.5. The molecule has 0 aromatic carbocycles. The van der Waals surface area contributed by atoms with Gasteiger partial charge in [0.25, 0.3) is 0 Å². The van der Waals surface area contributed by atoms with E-state index >= 15 is 0 Å². The largest absolute Gasteiger partial charge is 0.377 e. The molecule has 0 aromatic heterocycles. The van der Waals surface area contributed by atoms with Crippen molar-refractivity contribution in [1.29, 1.82) is 0 Å². The Morgan fingerprint density at radius 1 is 1.73 bits per heavy atom. The van der Waals surface area contributed by atoms with Crippen LogP contribution in [-0.4, -0.2) is 23.8 Å². The zero-order valence-electron chi connectivity index (χ0n) is 6.31. The fourth-order valence-corrected chi connectivity index (χ4v) is 2.70. The highest BCUT2D eigenvalue weighted by Crippen LogP contribution is 2.46. The number of rotatable bonds is 2. The van der Waals surface area contributed by atoms with E-state index in [2.05, 4.69) is 15.9 Å². The molecule has 1 aliphatic carbocycles. The van der Waals surface area contributed by atoms with Gasteiger partial charge in [-0.15, -0.1) is 0 Å². The molecule has 2 nitrogen and oxygen atoms in total. The van der Waals surface area contributed by atoms with Crippen LogP contribution in [0.5, 0.6) is 0 Å². The Bertz CT molecular complexity index is 183. The second-order valence-electron chi connectivity index (χ2n) is 3.51. The Balaban J connectivity index is 2.16. The first-order chi connectivity index (χ1) is 5.27. The van der Waals surface area contributed by atoms with Crippen LogP contribution in [0, 0.1) is 5.41 Å². The van der Waals surface area contributed by atoms with Crippen molar-refractivity contribution in [3.63, 3.8) is 0 Å². The van der Waals surface area contributed by atoms with E-state index in [0.29, 0.717) is 23.8 Å². The molecule has 2 unspecified atom stereocenters. The first-order valence-electron chi connectivity index (χ1n) is 3.98. The number of alkyl halides is 1. The van der Waals surface area contributed by atoms with Crippen molar-refractivity contribution in [2.24, 2.45) is 5.41 Å². The SMILES string of the molecule is O=C(CBr)C12CCC(C1)OC2. The lowest BCUT2D eigenvalue weighted by molar-refractivity contribution is -0.126. The van der Waals surface area contributed by atoms with Crippen LogP contribution in [0.1, 0.15) is 19.3 Å². The van der Waals surface area contributed by atoms with Crippen LogP contribution in [0.25, 0.3) is 0 Å². The minimum atomic E-state index is -0.0891. The highest BCUT2D eigenvalue weighted by Gasteiger charge is 2.50. The minimum absolute atomic E-state index is 0.0891. The average molecular weight is 219 g/mol. The van der Waals surface area contributed by atoms with Crippen LogP contribution in [0.15, 0.2) is 0 Å². The summed E-state index contributed by atoms with van der Waals surface area (Å²) in [7, 11) is 0. The summed E-state index contributed by atoms with van der Waals surface area (Å²) in [5, 5.41) is 0.489. The molecule has 62 valence electrons. The summed E-state index contributed by atoms with van der Waals surface area (Å²) >= 11 is 3.21. The van der Waals surface area contributed by atoms with Gasteiger partial charge in [-0.05, 0) is 19.3 Å². The van der Waals surface area contributed by atoms with Gasteiger partial charge in [-0.3, -0.25) is 4.79 Å². The van der Waals surface area contributed by atoms with Gasteiger partial charge in [0.1, 0.15) is 0 Å². The summed E-state index contributed by atoms with van der Waals surface area (Å²) in [6, 6.07) is 0.